The quantitative estimate of drug-likeness (QED) is 0.932. The van der Waals surface area contributed by atoms with Crippen molar-refractivity contribution in [2.24, 2.45) is 13.0 Å². The number of hydrogen-bond donors (Lipinski definition) is 1. The van der Waals surface area contributed by atoms with E-state index in [4.69, 9.17) is 5.73 Å². The van der Waals surface area contributed by atoms with E-state index in [1.807, 2.05) is 23.9 Å². The van der Waals surface area contributed by atoms with E-state index in [9.17, 15) is 0 Å². The van der Waals surface area contributed by atoms with Crippen LogP contribution in [0.4, 0.5) is 5.95 Å². The Labute approximate surface area is 123 Å². The van der Waals surface area contributed by atoms with Crippen molar-refractivity contribution in [1.29, 1.82) is 0 Å². The number of aryl methyl sites for hydroxylation is 1. The normalized spacial score (nSPS) is 12.9. The molecular formula is C15H20BrN3. The molecule has 1 aromatic carbocycles. The number of aromatic nitrogens is 2. The van der Waals surface area contributed by atoms with Crippen LogP contribution in [0.3, 0.4) is 0 Å². The number of imidazole rings is 1. The molecule has 2 rings (SSSR count). The summed E-state index contributed by atoms with van der Waals surface area (Å²) in [7, 11) is 1.93. The summed E-state index contributed by atoms with van der Waals surface area (Å²) in [6, 6.07) is 8.45. The minimum atomic E-state index is 0.387. The Balaban J connectivity index is 2.26. The number of nitrogens with two attached hydrogens (primary N) is 1. The molecule has 0 aliphatic rings. The molecule has 19 heavy (non-hydrogen) atoms. The Bertz CT molecular complexity index is 541. The topological polar surface area (TPSA) is 43.8 Å². The summed E-state index contributed by atoms with van der Waals surface area (Å²) in [4.78, 5) is 4.48. The Morgan fingerprint density at radius 3 is 2.63 bits per heavy atom. The average Bonchev–Trinajstić information content (AvgIpc) is 2.66. The monoisotopic (exact) mass is 321 g/mol. The van der Waals surface area contributed by atoms with Gasteiger partial charge in [0.25, 0.3) is 0 Å². The zero-order valence-electron chi connectivity index (χ0n) is 11.6. The first-order valence-electron chi connectivity index (χ1n) is 6.50. The van der Waals surface area contributed by atoms with E-state index in [0.717, 1.165) is 16.6 Å². The highest BCUT2D eigenvalue weighted by Crippen LogP contribution is 2.29. The maximum absolute atomic E-state index is 5.84. The minimum Gasteiger partial charge on any atom is -0.369 e. The summed E-state index contributed by atoms with van der Waals surface area (Å²) in [6.07, 6.45) is 3.02. The van der Waals surface area contributed by atoms with Crippen molar-refractivity contribution < 1.29 is 0 Å². The van der Waals surface area contributed by atoms with Crippen LogP contribution in [0.25, 0.3) is 0 Å². The molecule has 1 atom stereocenters. The van der Waals surface area contributed by atoms with Gasteiger partial charge in [-0.25, -0.2) is 4.98 Å². The number of benzene rings is 1. The van der Waals surface area contributed by atoms with Gasteiger partial charge in [-0.15, -0.1) is 0 Å². The van der Waals surface area contributed by atoms with Gasteiger partial charge in [0.2, 0.25) is 0 Å². The fourth-order valence-corrected chi connectivity index (χ4v) is 2.73. The van der Waals surface area contributed by atoms with Crippen molar-refractivity contribution in [1.82, 2.24) is 9.55 Å². The molecule has 0 spiro atoms. The van der Waals surface area contributed by atoms with Gasteiger partial charge >= 0.3 is 0 Å². The molecule has 1 heterocycles. The number of nitrogen functional groups attached to an aromatic ring is 1. The van der Waals surface area contributed by atoms with E-state index in [1.54, 1.807) is 0 Å². The van der Waals surface area contributed by atoms with E-state index < -0.39 is 0 Å². The van der Waals surface area contributed by atoms with Gasteiger partial charge in [-0.2, -0.15) is 0 Å². The van der Waals surface area contributed by atoms with Gasteiger partial charge in [0.1, 0.15) is 0 Å². The summed E-state index contributed by atoms with van der Waals surface area (Å²) >= 11 is 3.52. The van der Waals surface area contributed by atoms with Gasteiger partial charge in [-0.05, 0) is 30.0 Å². The molecule has 0 bridgehead atoms. The van der Waals surface area contributed by atoms with Crippen molar-refractivity contribution in [2.45, 2.75) is 26.2 Å². The average molecular weight is 322 g/mol. The number of rotatable bonds is 4. The number of hydrogen-bond acceptors (Lipinski definition) is 2. The highest BCUT2D eigenvalue weighted by molar-refractivity contribution is 9.10. The van der Waals surface area contributed by atoms with Crippen molar-refractivity contribution in [2.75, 3.05) is 5.73 Å². The fraction of sp³-hybridized carbons (Fsp3) is 0.400. The number of nitrogens with zero attached hydrogens (tertiary/aromatic N) is 2. The van der Waals surface area contributed by atoms with E-state index in [-0.39, 0.29) is 0 Å². The molecule has 2 aromatic rings. The zero-order chi connectivity index (χ0) is 14.0. The lowest BCUT2D eigenvalue weighted by Crippen LogP contribution is -2.10. The number of halogens is 1. The third kappa shape index (κ3) is 3.38. The second-order valence-electron chi connectivity index (χ2n) is 5.32. The maximum atomic E-state index is 5.84. The van der Waals surface area contributed by atoms with Crippen LogP contribution in [0.5, 0.6) is 0 Å². The Kier molecular flexibility index (Phi) is 4.30. The molecule has 0 fully saturated rings. The highest BCUT2D eigenvalue weighted by atomic mass is 79.9. The van der Waals surface area contributed by atoms with Crippen LogP contribution in [0.1, 0.15) is 31.0 Å². The molecule has 0 saturated heterocycles. The first-order valence-corrected chi connectivity index (χ1v) is 7.30. The lowest BCUT2D eigenvalue weighted by Gasteiger charge is -2.19. The van der Waals surface area contributed by atoms with Crippen molar-refractivity contribution in [3.05, 3.63) is 46.2 Å². The first kappa shape index (κ1) is 14.1. The summed E-state index contributed by atoms with van der Waals surface area (Å²) in [5.74, 6) is 1.49. The Morgan fingerprint density at radius 1 is 1.37 bits per heavy atom. The number of anilines is 1. The maximum Gasteiger partial charge on any atom is 0.200 e. The Morgan fingerprint density at radius 2 is 2.11 bits per heavy atom. The Hall–Kier alpha value is -1.29. The van der Waals surface area contributed by atoms with Gasteiger partial charge in [0.15, 0.2) is 5.95 Å². The molecule has 0 radical (unpaired) electrons. The molecule has 2 N–H and O–H groups in total. The van der Waals surface area contributed by atoms with Crippen LogP contribution in [0.15, 0.2) is 34.9 Å². The minimum absolute atomic E-state index is 0.387. The summed E-state index contributed by atoms with van der Waals surface area (Å²) < 4.78 is 3.00. The zero-order valence-corrected chi connectivity index (χ0v) is 13.2. The SMILES string of the molecule is CC(C)C(Cc1cccc(Br)c1)c1cn(C)c(N)n1. The van der Waals surface area contributed by atoms with E-state index in [1.165, 1.54) is 5.56 Å². The van der Waals surface area contributed by atoms with Crippen LogP contribution in [0, 0.1) is 5.92 Å². The molecule has 1 aromatic heterocycles. The lowest BCUT2D eigenvalue weighted by molar-refractivity contribution is 0.486. The van der Waals surface area contributed by atoms with Gasteiger partial charge in [0, 0.05) is 23.6 Å². The second kappa shape index (κ2) is 5.78. The van der Waals surface area contributed by atoms with Crippen molar-refractivity contribution in [3.63, 3.8) is 0 Å². The van der Waals surface area contributed by atoms with Gasteiger partial charge < -0.3 is 10.3 Å². The molecule has 102 valence electrons. The first-order chi connectivity index (χ1) is 8.97. The van der Waals surface area contributed by atoms with E-state index >= 15 is 0 Å². The lowest BCUT2D eigenvalue weighted by atomic mass is 9.87. The summed E-state index contributed by atoms with van der Waals surface area (Å²) in [5, 5.41) is 0. The van der Waals surface area contributed by atoms with Crippen molar-refractivity contribution >= 4 is 21.9 Å². The van der Waals surface area contributed by atoms with E-state index in [2.05, 4.69) is 53.0 Å². The highest BCUT2D eigenvalue weighted by Gasteiger charge is 2.20. The second-order valence-corrected chi connectivity index (χ2v) is 6.24. The predicted molar refractivity (Wildman–Crippen MR) is 83.0 cm³/mol. The van der Waals surface area contributed by atoms with Crippen LogP contribution in [-0.2, 0) is 13.5 Å². The predicted octanol–water partition coefficient (Wildman–Crippen LogP) is 3.75. The van der Waals surface area contributed by atoms with Crippen LogP contribution < -0.4 is 5.73 Å². The molecule has 0 saturated carbocycles. The third-order valence-corrected chi connectivity index (χ3v) is 3.95. The van der Waals surface area contributed by atoms with E-state index in [0.29, 0.717) is 17.8 Å². The van der Waals surface area contributed by atoms with Gasteiger partial charge in [-0.3, -0.25) is 0 Å². The molecule has 1 unspecified atom stereocenters. The summed E-state index contributed by atoms with van der Waals surface area (Å²) in [5.41, 5.74) is 8.24. The van der Waals surface area contributed by atoms with Crippen LogP contribution in [-0.4, -0.2) is 9.55 Å². The smallest absolute Gasteiger partial charge is 0.200 e. The molecule has 4 heteroatoms. The fourth-order valence-electron chi connectivity index (χ4n) is 2.28. The molecule has 0 amide bonds. The van der Waals surface area contributed by atoms with Gasteiger partial charge in [0.05, 0.1) is 5.69 Å². The van der Waals surface area contributed by atoms with Crippen LogP contribution >= 0.6 is 15.9 Å². The molecule has 0 aliphatic heterocycles. The summed E-state index contributed by atoms with van der Waals surface area (Å²) in [6.45, 7) is 4.46. The standard InChI is InChI=1S/C15H20BrN3/c1-10(2)13(14-9-19(3)15(17)18-14)8-11-5-4-6-12(16)7-11/h4-7,9-10,13H,8H2,1-3H3,(H2,17,18). The molecule has 3 nitrogen and oxygen atoms in total. The largest absolute Gasteiger partial charge is 0.369 e. The van der Waals surface area contributed by atoms with Crippen molar-refractivity contribution in [3.8, 4) is 0 Å². The van der Waals surface area contributed by atoms with Gasteiger partial charge in [-0.1, -0.05) is 41.9 Å². The molecular weight excluding hydrogens is 302 g/mol. The molecule has 0 aliphatic carbocycles. The van der Waals surface area contributed by atoms with Crippen LogP contribution in [0.2, 0.25) is 0 Å². The third-order valence-electron chi connectivity index (χ3n) is 3.46.